The van der Waals surface area contributed by atoms with Crippen LogP contribution in [-0.2, 0) is 0 Å². The van der Waals surface area contributed by atoms with Crippen LogP contribution in [-0.4, -0.2) is 15.0 Å². The fraction of sp³-hybridized carbons (Fsp3) is 0. The Morgan fingerprint density at radius 3 is 1.47 bits per heavy atom. The van der Waals surface area contributed by atoms with Gasteiger partial charge >= 0.3 is 0 Å². The highest BCUT2D eigenvalue weighted by atomic mass is 16.3. The van der Waals surface area contributed by atoms with Gasteiger partial charge in [0.1, 0.15) is 11.2 Å². The van der Waals surface area contributed by atoms with Gasteiger partial charge in [-0.25, -0.2) is 15.0 Å². The highest BCUT2D eigenvalue weighted by molar-refractivity contribution is 6.26. The summed E-state index contributed by atoms with van der Waals surface area (Å²) in [7, 11) is 0. The second-order valence-corrected chi connectivity index (χ2v) is 12.7. The first kappa shape index (κ1) is 29.0. The second kappa shape index (κ2) is 11.9. The van der Waals surface area contributed by atoms with Crippen LogP contribution in [0.25, 0.3) is 99.9 Å². The first-order valence-corrected chi connectivity index (χ1v) is 17.1. The number of benzene rings is 8. The van der Waals surface area contributed by atoms with Crippen molar-refractivity contribution in [1.82, 2.24) is 15.0 Å². The highest BCUT2D eigenvalue weighted by Gasteiger charge is 2.23. The van der Waals surface area contributed by atoms with E-state index in [2.05, 4.69) is 115 Å². The van der Waals surface area contributed by atoms with Crippen molar-refractivity contribution in [3.8, 4) is 56.4 Å². The molecule has 0 radical (unpaired) electrons. The van der Waals surface area contributed by atoms with E-state index < -0.39 is 0 Å². The molecule has 0 aliphatic carbocycles. The number of hydrogen-bond donors (Lipinski definition) is 0. The van der Waals surface area contributed by atoms with Crippen LogP contribution in [0.15, 0.2) is 180 Å². The maximum Gasteiger partial charge on any atom is 0.167 e. The van der Waals surface area contributed by atoms with Crippen LogP contribution >= 0.6 is 0 Å². The minimum atomic E-state index is 0.562. The van der Waals surface area contributed by atoms with Crippen molar-refractivity contribution in [1.29, 1.82) is 0 Å². The van der Waals surface area contributed by atoms with Crippen LogP contribution < -0.4 is 0 Å². The zero-order valence-electron chi connectivity index (χ0n) is 27.5. The standard InChI is InChI=1S/C47H29N3O/c1-4-14-30(15-5-1)34-25-26-38(37-23-13-12-22-36(34)37)39-27-28-40(44-43(39)42-35-21-11-10-16-31(35)24-29-41(42)51-44)47-49-45(32-17-6-2-7-18-32)48-46(50-47)33-19-8-3-9-20-33/h1-29H. The molecule has 0 saturated carbocycles. The van der Waals surface area contributed by atoms with Gasteiger partial charge in [-0.15, -0.1) is 0 Å². The molecule has 51 heavy (non-hydrogen) atoms. The average molecular weight is 652 g/mol. The summed E-state index contributed by atoms with van der Waals surface area (Å²) >= 11 is 0. The second-order valence-electron chi connectivity index (χ2n) is 12.7. The van der Waals surface area contributed by atoms with Gasteiger partial charge in [0.15, 0.2) is 17.5 Å². The fourth-order valence-electron chi connectivity index (χ4n) is 7.37. The lowest BCUT2D eigenvalue weighted by molar-refractivity contribution is 0.670. The van der Waals surface area contributed by atoms with Crippen LogP contribution in [0.5, 0.6) is 0 Å². The van der Waals surface area contributed by atoms with Gasteiger partial charge in [0, 0.05) is 21.9 Å². The summed E-state index contributed by atoms with van der Waals surface area (Å²) in [4.78, 5) is 15.1. The summed E-state index contributed by atoms with van der Waals surface area (Å²) < 4.78 is 6.90. The van der Waals surface area contributed by atoms with Crippen LogP contribution in [0.2, 0.25) is 0 Å². The summed E-state index contributed by atoms with van der Waals surface area (Å²) in [6.07, 6.45) is 0. The lowest BCUT2D eigenvalue weighted by Gasteiger charge is -2.14. The van der Waals surface area contributed by atoms with E-state index in [4.69, 9.17) is 19.4 Å². The molecule has 0 amide bonds. The molecule has 0 saturated heterocycles. The van der Waals surface area contributed by atoms with Crippen molar-refractivity contribution < 1.29 is 4.42 Å². The van der Waals surface area contributed by atoms with Crippen molar-refractivity contribution in [2.45, 2.75) is 0 Å². The first-order chi connectivity index (χ1) is 25.3. The number of hydrogen-bond acceptors (Lipinski definition) is 4. The Balaban J connectivity index is 1.29. The van der Waals surface area contributed by atoms with E-state index in [1.54, 1.807) is 0 Å². The molecular weight excluding hydrogens is 623 g/mol. The maximum atomic E-state index is 6.90. The first-order valence-electron chi connectivity index (χ1n) is 17.1. The van der Waals surface area contributed by atoms with Crippen molar-refractivity contribution in [2.24, 2.45) is 0 Å². The molecule has 10 rings (SSSR count). The van der Waals surface area contributed by atoms with E-state index in [1.165, 1.54) is 21.9 Å². The Labute approximate surface area is 294 Å². The molecule has 10 aromatic rings. The zero-order chi connectivity index (χ0) is 33.7. The van der Waals surface area contributed by atoms with Gasteiger partial charge < -0.3 is 4.42 Å². The van der Waals surface area contributed by atoms with E-state index in [-0.39, 0.29) is 0 Å². The molecule has 0 bridgehead atoms. The molecule has 0 aliphatic rings. The molecule has 4 heteroatoms. The molecule has 0 unspecified atom stereocenters. The predicted molar refractivity (Wildman–Crippen MR) is 209 cm³/mol. The number of aromatic nitrogens is 3. The minimum absolute atomic E-state index is 0.562. The molecule has 2 heterocycles. The molecule has 2 aromatic heterocycles. The third-order valence-electron chi connectivity index (χ3n) is 9.75. The zero-order valence-corrected chi connectivity index (χ0v) is 27.5. The van der Waals surface area contributed by atoms with Crippen LogP contribution in [0, 0.1) is 0 Å². The molecule has 0 spiro atoms. The lowest BCUT2D eigenvalue weighted by Crippen LogP contribution is -2.00. The Morgan fingerprint density at radius 1 is 0.314 bits per heavy atom. The maximum absolute atomic E-state index is 6.90. The van der Waals surface area contributed by atoms with E-state index in [9.17, 15) is 0 Å². The van der Waals surface area contributed by atoms with Gasteiger partial charge in [-0.1, -0.05) is 164 Å². The summed E-state index contributed by atoms with van der Waals surface area (Å²) in [6.45, 7) is 0. The number of nitrogens with zero attached hydrogens (tertiary/aromatic N) is 3. The largest absolute Gasteiger partial charge is 0.455 e. The van der Waals surface area contributed by atoms with Crippen LogP contribution in [0.1, 0.15) is 0 Å². The Kier molecular flexibility index (Phi) is 6.78. The molecular formula is C47H29N3O. The van der Waals surface area contributed by atoms with Gasteiger partial charge in [0.25, 0.3) is 0 Å². The molecule has 0 atom stereocenters. The van der Waals surface area contributed by atoms with Gasteiger partial charge in [0.05, 0.1) is 5.56 Å². The Hall–Kier alpha value is -6.91. The molecule has 0 aliphatic heterocycles. The monoisotopic (exact) mass is 651 g/mol. The molecule has 0 N–H and O–H groups in total. The van der Waals surface area contributed by atoms with E-state index >= 15 is 0 Å². The van der Waals surface area contributed by atoms with Crippen LogP contribution in [0.4, 0.5) is 0 Å². The topological polar surface area (TPSA) is 51.8 Å². The third kappa shape index (κ3) is 4.88. The molecule has 0 fully saturated rings. The summed E-state index contributed by atoms with van der Waals surface area (Å²) in [5.74, 6) is 1.79. The van der Waals surface area contributed by atoms with Crippen molar-refractivity contribution >= 4 is 43.5 Å². The number of rotatable bonds is 5. The van der Waals surface area contributed by atoms with Gasteiger partial charge in [0.2, 0.25) is 0 Å². The Bertz CT molecular complexity index is 2840. The number of fused-ring (bicyclic) bond motifs is 6. The van der Waals surface area contributed by atoms with E-state index in [0.29, 0.717) is 17.5 Å². The summed E-state index contributed by atoms with van der Waals surface area (Å²) in [5, 5.41) is 6.81. The molecule has 8 aromatic carbocycles. The predicted octanol–water partition coefficient (Wildman–Crippen LogP) is 12.4. The minimum Gasteiger partial charge on any atom is -0.455 e. The molecule has 4 nitrogen and oxygen atoms in total. The van der Waals surface area contributed by atoms with Gasteiger partial charge in [-0.2, -0.15) is 0 Å². The summed E-state index contributed by atoms with van der Waals surface area (Å²) in [6, 6.07) is 61.0. The van der Waals surface area contributed by atoms with Crippen molar-refractivity contribution in [2.75, 3.05) is 0 Å². The fourth-order valence-corrected chi connectivity index (χ4v) is 7.37. The van der Waals surface area contributed by atoms with Gasteiger partial charge in [-0.3, -0.25) is 0 Å². The van der Waals surface area contributed by atoms with Crippen molar-refractivity contribution in [3.05, 3.63) is 176 Å². The van der Waals surface area contributed by atoms with E-state index in [1.807, 2.05) is 60.7 Å². The van der Waals surface area contributed by atoms with Gasteiger partial charge in [-0.05, 0) is 55.9 Å². The van der Waals surface area contributed by atoms with Crippen LogP contribution in [0.3, 0.4) is 0 Å². The summed E-state index contributed by atoms with van der Waals surface area (Å²) in [5.41, 5.74) is 8.87. The SMILES string of the molecule is c1ccc(-c2nc(-c3ccccc3)nc(-c3ccc(-c4ccc(-c5ccccc5)c5ccccc45)c4c3oc3ccc5ccccc5c34)n2)cc1. The number of furan rings is 1. The average Bonchev–Trinajstić information content (AvgIpc) is 3.61. The highest BCUT2D eigenvalue weighted by Crippen LogP contribution is 2.46. The quantitative estimate of drug-likeness (QED) is 0.186. The third-order valence-corrected chi connectivity index (χ3v) is 9.75. The van der Waals surface area contributed by atoms with E-state index in [0.717, 1.165) is 60.5 Å². The lowest BCUT2D eigenvalue weighted by atomic mass is 9.89. The Morgan fingerprint density at radius 2 is 0.804 bits per heavy atom. The normalized spacial score (nSPS) is 11.5. The van der Waals surface area contributed by atoms with Crippen molar-refractivity contribution in [3.63, 3.8) is 0 Å². The molecule has 238 valence electrons. The smallest absolute Gasteiger partial charge is 0.167 e.